The summed E-state index contributed by atoms with van der Waals surface area (Å²) in [7, 11) is 0. The fraction of sp³-hybridized carbons (Fsp3) is 0.400. The van der Waals surface area contributed by atoms with Gasteiger partial charge < -0.3 is 10.2 Å². The Morgan fingerprint density at radius 3 is 2.91 bits per heavy atom. The molecule has 23 heavy (non-hydrogen) atoms. The highest BCUT2D eigenvalue weighted by Gasteiger charge is 2.22. The lowest BCUT2D eigenvalue weighted by atomic mass is 10.1. The molecule has 7 nitrogen and oxygen atoms in total. The minimum Gasteiger partial charge on any atom is -0.353 e. The van der Waals surface area contributed by atoms with E-state index in [0.29, 0.717) is 10.9 Å². The minimum atomic E-state index is 0.00782. The van der Waals surface area contributed by atoms with Crippen molar-refractivity contribution in [1.82, 2.24) is 25.3 Å². The third-order valence-electron chi connectivity index (χ3n) is 3.53. The van der Waals surface area contributed by atoms with Gasteiger partial charge in [-0.25, -0.2) is 15.0 Å². The highest BCUT2D eigenvalue weighted by atomic mass is 32.2. The van der Waals surface area contributed by atoms with E-state index in [4.69, 9.17) is 0 Å². The number of amides is 1. The number of aromatic nitrogens is 4. The number of nitrogens with one attached hydrogen (secondary N) is 1. The van der Waals surface area contributed by atoms with Crippen molar-refractivity contribution in [1.29, 1.82) is 0 Å². The van der Waals surface area contributed by atoms with Crippen molar-refractivity contribution in [3.05, 3.63) is 37.1 Å². The zero-order valence-corrected chi connectivity index (χ0v) is 13.4. The third-order valence-corrected chi connectivity index (χ3v) is 4.41. The fourth-order valence-electron chi connectivity index (χ4n) is 2.52. The number of carbonyl (C=O) groups is 1. The maximum atomic E-state index is 12.1. The average Bonchev–Trinajstić information content (AvgIpc) is 2.62. The number of hydrogen-bond donors (Lipinski definition) is 1. The topological polar surface area (TPSA) is 83.9 Å². The van der Waals surface area contributed by atoms with Gasteiger partial charge in [0.05, 0.1) is 11.9 Å². The summed E-state index contributed by atoms with van der Waals surface area (Å²) in [6.45, 7) is 1.70. The van der Waals surface area contributed by atoms with Gasteiger partial charge in [-0.05, 0) is 18.9 Å². The van der Waals surface area contributed by atoms with Crippen LogP contribution in [0.1, 0.15) is 12.8 Å². The molecule has 3 rings (SSSR count). The second-order valence-electron chi connectivity index (χ2n) is 5.24. The molecule has 0 spiro atoms. The second kappa shape index (κ2) is 7.87. The maximum Gasteiger partial charge on any atom is 0.230 e. The standard InChI is InChI=1S/C15H18N6OS/c22-14(11-23-15-18-4-2-5-19-15)20-12-3-1-8-21(10-12)13-9-16-6-7-17-13/h2,4-7,9,12H,1,3,8,10-11H2,(H,20,22)/t12-/m1/s1. The van der Waals surface area contributed by atoms with Gasteiger partial charge in [0.1, 0.15) is 5.82 Å². The van der Waals surface area contributed by atoms with Crippen molar-refractivity contribution in [2.24, 2.45) is 0 Å². The quantitative estimate of drug-likeness (QED) is 0.650. The average molecular weight is 330 g/mol. The predicted molar refractivity (Wildman–Crippen MR) is 88.2 cm³/mol. The van der Waals surface area contributed by atoms with Crippen LogP contribution in [-0.4, -0.2) is 50.7 Å². The van der Waals surface area contributed by atoms with Gasteiger partial charge in [0.25, 0.3) is 0 Å². The Hall–Kier alpha value is -2.22. The monoisotopic (exact) mass is 330 g/mol. The van der Waals surface area contributed by atoms with E-state index in [0.717, 1.165) is 31.7 Å². The molecule has 120 valence electrons. The Morgan fingerprint density at radius 1 is 1.26 bits per heavy atom. The van der Waals surface area contributed by atoms with Crippen molar-refractivity contribution >= 4 is 23.5 Å². The van der Waals surface area contributed by atoms with E-state index in [1.54, 1.807) is 37.1 Å². The molecule has 2 aromatic heterocycles. The van der Waals surface area contributed by atoms with E-state index in [2.05, 4.69) is 30.2 Å². The number of carbonyl (C=O) groups excluding carboxylic acids is 1. The molecule has 2 aromatic rings. The molecule has 0 radical (unpaired) electrons. The van der Waals surface area contributed by atoms with Gasteiger partial charge in [0.2, 0.25) is 5.91 Å². The van der Waals surface area contributed by atoms with Crippen LogP contribution >= 0.6 is 11.8 Å². The Bertz CT molecular complexity index is 626. The fourth-order valence-corrected chi connectivity index (χ4v) is 3.13. The number of nitrogens with zero attached hydrogens (tertiary/aromatic N) is 5. The molecule has 1 atom stereocenters. The molecule has 0 bridgehead atoms. The van der Waals surface area contributed by atoms with E-state index in [9.17, 15) is 4.79 Å². The van der Waals surface area contributed by atoms with Crippen molar-refractivity contribution in [2.75, 3.05) is 23.7 Å². The lowest BCUT2D eigenvalue weighted by Crippen LogP contribution is -2.48. The van der Waals surface area contributed by atoms with Gasteiger partial charge in [0.15, 0.2) is 5.16 Å². The van der Waals surface area contributed by atoms with Crippen LogP contribution in [0.25, 0.3) is 0 Å². The van der Waals surface area contributed by atoms with E-state index in [-0.39, 0.29) is 11.9 Å². The molecule has 0 saturated carbocycles. The number of thioether (sulfide) groups is 1. The third kappa shape index (κ3) is 4.62. The molecule has 1 saturated heterocycles. The van der Waals surface area contributed by atoms with Crippen molar-refractivity contribution in [3.8, 4) is 0 Å². The molecule has 8 heteroatoms. The van der Waals surface area contributed by atoms with Gasteiger partial charge in [-0.15, -0.1) is 0 Å². The van der Waals surface area contributed by atoms with Gasteiger partial charge in [0, 0.05) is 43.9 Å². The lowest BCUT2D eigenvalue weighted by molar-refractivity contribution is -0.119. The molecule has 1 amide bonds. The molecule has 0 aromatic carbocycles. The van der Waals surface area contributed by atoms with Crippen molar-refractivity contribution < 1.29 is 4.79 Å². The van der Waals surface area contributed by atoms with Crippen LogP contribution in [-0.2, 0) is 4.79 Å². The molecule has 3 heterocycles. The molecule has 0 aliphatic carbocycles. The molecule has 1 aliphatic heterocycles. The van der Waals surface area contributed by atoms with Crippen LogP contribution in [0.2, 0.25) is 0 Å². The summed E-state index contributed by atoms with van der Waals surface area (Å²) in [6.07, 6.45) is 10.5. The van der Waals surface area contributed by atoms with E-state index in [1.165, 1.54) is 11.8 Å². The minimum absolute atomic E-state index is 0.00782. The van der Waals surface area contributed by atoms with Gasteiger partial charge in [-0.1, -0.05) is 11.8 Å². The first-order valence-electron chi connectivity index (χ1n) is 7.51. The molecule has 1 aliphatic rings. The number of anilines is 1. The summed E-state index contributed by atoms with van der Waals surface area (Å²) in [6, 6.07) is 1.89. The zero-order chi connectivity index (χ0) is 15.9. The summed E-state index contributed by atoms with van der Waals surface area (Å²) in [5.41, 5.74) is 0. The summed E-state index contributed by atoms with van der Waals surface area (Å²) in [5.74, 6) is 1.19. The summed E-state index contributed by atoms with van der Waals surface area (Å²) in [4.78, 5) is 30.9. The van der Waals surface area contributed by atoms with Crippen molar-refractivity contribution in [3.63, 3.8) is 0 Å². The Morgan fingerprint density at radius 2 is 2.13 bits per heavy atom. The molecule has 1 N–H and O–H groups in total. The molecular formula is C15H18N6OS. The lowest BCUT2D eigenvalue weighted by Gasteiger charge is -2.33. The van der Waals surface area contributed by atoms with Crippen LogP contribution in [0.3, 0.4) is 0 Å². The van der Waals surface area contributed by atoms with Crippen LogP contribution in [0.15, 0.2) is 42.2 Å². The highest BCUT2D eigenvalue weighted by Crippen LogP contribution is 2.17. The van der Waals surface area contributed by atoms with Gasteiger partial charge in [-0.3, -0.25) is 9.78 Å². The maximum absolute atomic E-state index is 12.1. The zero-order valence-electron chi connectivity index (χ0n) is 12.6. The summed E-state index contributed by atoms with van der Waals surface area (Å²) >= 11 is 1.34. The largest absolute Gasteiger partial charge is 0.353 e. The van der Waals surface area contributed by atoms with Gasteiger partial charge >= 0.3 is 0 Å². The first-order valence-corrected chi connectivity index (χ1v) is 8.50. The Balaban J connectivity index is 1.48. The smallest absolute Gasteiger partial charge is 0.230 e. The first kappa shape index (κ1) is 15.7. The SMILES string of the molecule is O=C(CSc1ncccn1)N[C@@H]1CCCN(c2cnccn2)C1. The van der Waals surface area contributed by atoms with Crippen LogP contribution in [0.4, 0.5) is 5.82 Å². The van der Waals surface area contributed by atoms with E-state index in [1.807, 2.05) is 0 Å². The van der Waals surface area contributed by atoms with Crippen molar-refractivity contribution in [2.45, 2.75) is 24.0 Å². The van der Waals surface area contributed by atoms with E-state index < -0.39 is 0 Å². The van der Waals surface area contributed by atoms with E-state index >= 15 is 0 Å². The number of piperidine rings is 1. The Kier molecular flexibility index (Phi) is 5.36. The van der Waals surface area contributed by atoms with Gasteiger partial charge in [-0.2, -0.15) is 0 Å². The predicted octanol–water partition coefficient (Wildman–Crippen LogP) is 1.14. The first-order chi connectivity index (χ1) is 11.3. The van der Waals surface area contributed by atoms with Crippen LogP contribution < -0.4 is 10.2 Å². The molecule has 0 unspecified atom stereocenters. The highest BCUT2D eigenvalue weighted by molar-refractivity contribution is 7.99. The summed E-state index contributed by atoms with van der Waals surface area (Å²) in [5, 5.41) is 3.70. The normalized spacial score (nSPS) is 17.7. The van der Waals surface area contributed by atoms with Crippen LogP contribution in [0.5, 0.6) is 0 Å². The number of hydrogen-bond acceptors (Lipinski definition) is 7. The summed E-state index contributed by atoms with van der Waals surface area (Å²) < 4.78 is 0. The van der Waals surface area contributed by atoms with Crippen LogP contribution in [0, 0.1) is 0 Å². The molecular weight excluding hydrogens is 312 g/mol. The Labute approximate surface area is 139 Å². The number of rotatable bonds is 5. The second-order valence-corrected chi connectivity index (χ2v) is 6.18. The molecule has 1 fully saturated rings.